The molecule has 0 bridgehead atoms. The Kier molecular flexibility index (Phi) is 3.99. The van der Waals surface area contributed by atoms with E-state index in [4.69, 9.17) is 16.3 Å². The standard InChI is InChI=1S/C14H14ClNO/c1-11-4-3-7-16-14(11)10-17-13-6-2-5-12(8-13)9-15/h2-8H,9-10H2,1H3. The molecule has 2 rings (SSSR count). The van der Waals surface area contributed by atoms with Crippen LogP contribution in [-0.2, 0) is 12.5 Å². The zero-order valence-corrected chi connectivity index (χ0v) is 10.4. The van der Waals surface area contributed by atoms with Crippen molar-refractivity contribution in [3.8, 4) is 5.75 Å². The number of benzene rings is 1. The third-order valence-corrected chi connectivity index (χ3v) is 2.85. The highest BCUT2D eigenvalue weighted by Gasteiger charge is 2.01. The van der Waals surface area contributed by atoms with Crippen LogP contribution in [0, 0.1) is 6.92 Å². The van der Waals surface area contributed by atoms with E-state index >= 15 is 0 Å². The molecule has 0 N–H and O–H groups in total. The summed E-state index contributed by atoms with van der Waals surface area (Å²) in [6, 6.07) is 11.7. The molecule has 0 aliphatic rings. The monoisotopic (exact) mass is 247 g/mol. The fourth-order valence-electron chi connectivity index (χ4n) is 1.54. The van der Waals surface area contributed by atoms with Crippen LogP contribution in [0.25, 0.3) is 0 Å². The number of rotatable bonds is 4. The molecule has 1 aromatic heterocycles. The molecule has 2 aromatic rings. The number of alkyl halides is 1. The van der Waals surface area contributed by atoms with Gasteiger partial charge >= 0.3 is 0 Å². The number of hydrogen-bond donors (Lipinski definition) is 0. The van der Waals surface area contributed by atoms with Crippen molar-refractivity contribution in [1.29, 1.82) is 0 Å². The summed E-state index contributed by atoms with van der Waals surface area (Å²) in [6.07, 6.45) is 1.78. The van der Waals surface area contributed by atoms with E-state index in [1.165, 1.54) is 0 Å². The van der Waals surface area contributed by atoms with Crippen LogP contribution >= 0.6 is 11.6 Å². The van der Waals surface area contributed by atoms with Gasteiger partial charge in [-0.05, 0) is 36.2 Å². The molecular formula is C14H14ClNO. The third-order valence-electron chi connectivity index (χ3n) is 2.55. The molecule has 0 amide bonds. The maximum Gasteiger partial charge on any atom is 0.130 e. The van der Waals surface area contributed by atoms with Crippen molar-refractivity contribution >= 4 is 11.6 Å². The molecule has 0 fully saturated rings. The second kappa shape index (κ2) is 5.69. The fourth-order valence-corrected chi connectivity index (χ4v) is 1.71. The highest BCUT2D eigenvalue weighted by molar-refractivity contribution is 6.17. The minimum atomic E-state index is 0.485. The zero-order chi connectivity index (χ0) is 12.1. The third kappa shape index (κ3) is 3.21. The van der Waals surface area contributed by atoms with Crippen molar-refractivity contribution in [3.63, 3.8) is 0 Å². The van der Waals surface area contributed by atoms with Crippen molar-refractivity contribution in [2.45, 2.75) is 19.4 Å². The Morgan fingerprint density at radius 2 is 2.12 bits per heavy atom. The second-order valence-electron chi connectivity index (χ2n) is 3.84. The van der Waals surface area contributed by atoms with Crippen molar-refractivity contribution < 1.29 is 4.74 Å². The van der Waals surface area contributed by atoms with E-state index in [9.17, 15) is 0 Å². The Bertz CT molecular complexity index is 499. The van der Waals surface area contributed by atoms with Gasteiger partial charge in [-0.25, -0.2) is 0 Å². The first-order valence-corrected chi connectivity index (χ1v) is 6.01. The Morgan fingerprint density at radius 1 is 1.24 bits per heavy atom. The van der Waals surface area contributed by atoms with Crippen LogP contribution in [0.3, 0.4) is 0 Å². The van der Waals surface area contributed by atoms with E-state index < -0.39 is 0 Å². The molecule has 0 atom stereocenters. The molecule has 1 heterocycles. The summed E-state index contributed by atoms with van der Waals surface area (Å²) in [4.78, 5) is 4.28. The predicted molar refractivity (Wildman–Crippen MR) is 69.3 cm³/mol. The first-order chi connectivity index (χ1) is 8.29. The molecule has 0 radical (unpaired) electrons. The lowest BCUT2D eigenvalue weighted by atomic mass is 10.2. The molecular weight excluding hydrogens is 234 g/mol. The van der Waals surface area contributed by atoms with Crippen molar-refractivity contribution in [1.82, 2.24) is 4.98 Å². The van der Waals surface area contributed by atoms with E-state index in [2.05, 4.69) is 4.98 Å². The number of ether oxygens (including phenoxy) is 1. The van der Waals surface area contributed by atoms with Gasteiger partial charge in [0.2, 0.25) is 0 Å². The van der Waals surface area contributed by atoms with Crippen LogP contribution in [0.15, 0.2) is 42.6 Å². The Morgan fingerprint density at radius 3 is 2.88 bits per heavy atom. The van der Waals surface area contributed by atoms with Gasteiger partial charge in [-0.1, -0.05) is 18.2 Å². The maximum absolute atomic E-state index is 5.77. The van der Waals surface area contributed by atoms with Crippen LogP contribution in [0.2, 0.25) is 0 Å². The van der Waals surface area contributed by atoms with Gasteiger partial charge in [0.1, 0.15) is 12.4 Å². The van der Waals surface area contributed by atoms with E-state index in [1.54, 1.807) is 6.20 Å². The fraction of sp³-hybridized carbons (Fsp3) is 0.214. The van der Waals surface area contributed by atoms with Crippen LogP contribution in [0.1, 0.15) is 16.8 Å². The molecule has 0 aliphatic heterocycles. The molecule has 1 aromatic carbocycles. The topological polar surface area (TPSA) is 22.1 Å². The normalized spacial score (nSPS) is 10.2. The summed E-state index contributed by atoms with van der Waals surface area (Å²) < 4.78 is 5.69. The van der Waals surface area contributed by atoms with Crippen molar-refractivity contribution in [2.75, 3.05) is 0 Å². The van der Waals surface area contributed by atoms with Gasteiger partial charge in [0.25, 0.3) is 0 Å². The minimum absolute atomic E-state index is 0.485. The lowest BCUT2D eigenvalue weighted by Crippen LogP contribution is -2.00. The van der Waals surface area contributed by atoms with Gasteiger partial charge in [0.15, 0.2) is 0 Å². The molecule has 17 heavy (non-hydrogen) atoms. The highest BCUT2D eigenvalue weighted by Crippen LogP contribution is 2.16. The summed E-state index contributed by atoms with van der Waals surface area (Å²) in [7, 11) is 0. The Balaban J connectivity index is 2.05. The van der Waals surface area contributed by atoms with Gasteiger partial charge in [-0.3, -0.25) is 4.98 Å². The van der Waals surface area contributed by atoms with Crippen LogP contribution in [0.5, 0.6) is 5.75 Å². The molecule has 0 unspecified atom stereocenters. The summed E-state index contributed by atoms with van der Waals surface area (Å²) in [5, 5.41) is 0. The van der Waals surface area contributed by atoms with Crippen molar-refractivity contribution in [2.24, 2.45) is 0 Å². The van der Waals surface area contributed by atoms with Gasteiger partial charge in [0.05, 0.1) is 5.69 Å². The zero-order valence-electron chi connectivity index (χ0n) is 9.69. The number of halogens is 1. The summed E-state index contributed by atoms with van der Waals surface area (Å²) in [5.41, 5.74) is 3.16. The quantitative estimate of drug-likeness (QED) is 0.769. The van der Waals surface area contributed by atoms with Crippen LogP contribution in [0.4, 0.5) is 0 Å². The van der Waals surface area contributed by atoms with Gasteiger partial charge in [-0.2, -0.15) is 0 Å². The van der Waals surface area contributed by atoms with Gasteiger partial charge in [0, 0.05) is 12.1 Å². The van der Waals surface area contributed by atoms with Gasteiger partial charge < -0.3 is 4.74 Å². The summed E-state index contributed by atoms with van der Waals surface area (Å²) >= 11 is 5.77. The minimum Gasteiger partial charge on any atom is -0.487 e. The molecule has 0 spiro atoms. The number of aryl methyl sites for hydroxylation is 1. The Labute approximate surface area is 106 Å². The molecule has 2 nitrogen and oxygen atoms in total. The molecule has 3 heteroatoms. The average Bonchev–Trinajstić information content (AvgIpc) is 2.38. The van der Waals surface area contributed by atoms with E-state index in [0.717, 1.165) is 22.6 Å². The Hall–Kier alpha value is -1.54. The highest BCUT2D eigenvalue weighted by atomic mass is 35.5. The second-order valence-corrected chi connectivity index (χ2v) is 4.10. The summed E-state index contributed by atoms with van der Waals surface area (Å²) in [5.74, 6) is 1.33. The first-order valence-electron chi connectivity index (χ1n) is 5.48. The maximum atomic E-state index is 5.77. The van der Waals surface area contributed by atoms with Crippen molar-refractivity contribution in [3.05, 3.63) is 59.4 Å². The van der Waals surface area contributed by atoms with Crippen LogP contribution < -0.4 is 4.74 Å². The molecule has 0 saturated carbocycles. The average molecular weight is 248 g/mol. The molecule has 88 valence electrons. The lowest BCUT2D eigenvalue weighted by molar-refractivity contribution is 0.300. The SMILES string of the molecule is Cc1cccnc1COc1cccc(CCl)c1. The number of hydrogen-bond acceptors (Lipinski definition) is 2. The largest absolute Gasteiger partial charge is 0.487 e. The molecule has 0 aliphatic carbocycles. The van der Waals surface area contributed by atoms with E-state index in [1.807, 2.05) is 43.3 Å². The van der Waals surface area contributed by atoms with E-state index in [0.29, 0.717) is 12.5 Å². The van der Waals surface area contributed by atoms with E-state index in [-0.39, 0.29) is 0 Å². The predicted octanol–water partition coefficient (Wildman–Crippen LogP) is 3.71. The smallest absolute Gasteiger partial charge is 0.130 e. The number of aromatic nitrogens is 1. The lowest BCUT2D eigenvalue weighted by Gasteiger charge is -2.08. The first kappa shape index (κ1) is 11.9. The summed E-state index contributed by atoms with van der Waals surface area (Å²) in [6.45, 7) is 2.51. The van der Waals surface area contributed by atoms with Gasteiger partial charge in [-0.15, -0.1) is 11.6 Å². The number of pyridine rings is 1. The van der Waals surface area contributed by atoms with Crippen LogP contribution in [-0.4, -0.2) is 4.98 Å². The number of nitrogens with zero attached hydrogens (tertiary/aromatic N) is 1. The molecule has 0 saturated heterocycles.